The highest BCUT2D eigenvalue weighted by Crippen LogP contribution is 2.17. The lowest BCUT2D eigenvalue weighted by atomic mass is 10.2. The number of nitrogens with zero attached hydrogens (tertiary/aromatic N) is 1. The molecule has 2 atom stereocenters. The van der Waals surface area contributed by atoms with Gasteiger partial charge in [-0.15, -0.1) is 0 Å². The second-order valence-corrected chi connectivity index (χ2v) is 5.73. The zero-order valence-corrected chi connectivity index (χ0v) is 10.3. The smallest absolute Gasteiger partial charge is 0.326 e. The number of rotatable bonds is 4. The van der Waals surface area contributed by atoms with Gasteiger partial charge in [-0.05, 0) is 0 Å². The predicted octanol–water partition coefficient (Wildman–Crippen LogP) is -2.50. The molecule has 1 aliphatic heterocycles. The lowest BCUT2D eigenvalue weighted by molar-refractivity contribution is -0.141. The van der Waals surface area contributed by atoms with Crippen LogP contribution in [-0.2, 0) is 14.8 Å². The minimum absolute atomic E-state index is 0.0437. The minimum Gasteiger partial charge on any atom is -0.480 e. The number of carboxylic acid groups (broad SMARTS) is 1. The first-order valence-corrected chi connectivity index (χ1v) is 6.88. The summed E-state index contributed by atoms with van der Waals surface area (Å²) in [6.45, 7) is -0.311. The van der Waals surface area contributed by atoms with Crippen LogP contribution >= 0.6 is 0 Å². The van der Waals surface area contributed by atoms with Crippen molar-refractivity contribution in [3.05, 3.63) is 0 Å². The first-order valence-electron chi connectivity index (χ1n) is 5.16. The van der Waals surface area contributed by atoms with Gasteiger partial charge in [-0.3, -0.25) is 0 Å². The van der Waals surface area contributed by atoms with Crippen LogP contribution in [0.3, 0.4) is 0 Å². The Balaban J connectivity index is 2.53. The second kappa shape index (κ2) is 5.50. The molecule has 18 heavy (non-hydrogen) atoms. The zero-order valence-electron chi connectivity index (χ0n) is 9.44. The molecule has 104 valence electrons. The highest BCUT2D eigenvalue weighted by molar-refractivity contribution is 7.89. The number of aliphatic hydroxyl groups excluding tert-OH is 1. The Kier molecular flexibility index (Phi) is 4.48. The highest BCUT2D eigenvalue weighted by atomic mass is 32.2. The Morgan fingerprint density at radius 1 is 1.44 bits per heavy atom. The topological polar surface area (TPSA) is 150 Å². The van der Waals surface area contributed by atoms with E-state index in [1.807, 2.05) is 0 Å². The van der Waals surface area contributed by atoms with Crippen LogP contribution in [0.25, 0.3) is 0 Å². The van der Waals surface area contributed by atoms with Gasteiger partial charge in [-0.25, -0.2) is 23.1 Å². The third kappa shape index (κ3) is 4.13. The molecule has 0 unspecified atom stereocenters. The summed E-state index contributed by atoms with van der Waals surface area (Å²) in [6.07, 6.45) is -0.937. The maximum atomic E-state index is 11.6. The lowest BCUT2D eigenvalue weighted by Crippen LogP contribution is -2.47. The van der Waals surface area contributed by atoms with Crippen LogP contribution in [0.1, 0.15) is 6.42 Å². The number of aliphatic carboxylic acids is 1. The Morgan fingerprint density at radius 3 is 2.56 bits per heavy atom. The Morgan fingerprint density at radius 2 is 2.06 bits per heavy atom. The molecular weight excluding hydrogens is 266 g/mol. The first kappa shape index (κ1) is 14.7. The molecule has 0 bridgehead atoms. The van der Waals surface area contributed by atoms with Crippen molar-refractivity contribution in [2.24, 2.45) is 5.14 Å². The number of urea groups is 1. The summed E-state index contributed by atoms with van der Waals surface area (Å²) >= 11 is 0. The minimum atomic E-state index is -3.68. The maximum absolute atomic E-state index is 11.6. The number of nitrogens with one attached hydrogen (secondary N) is 1. The SMILES string of the molecule is NS(=O)(=O)CCNC(=O)N1C[C@@H](O)C[C@H]1C(=O)O. The molecular formula is C8H15N3O6S. The molecule has 1 heterocycles. The summed E-state index contributed by atoms with van der Waals surface area (Å²) in [5.74, 6) is -1.65. The molecule has 10 heteroatoms. The van der Waals surface area contributed by atoms with Crippen LogP contribution < -0.4 is 10.5 Å². The van der Waals surface area contributed by atoms with E-state index < -0.39 is 39.9 Å². The van der Waals surface area contributed by atoms with E-state index in [2.05, 4.69) is 5.32 Å². The van der Waals surface area contributed by atoms with Gasteiger partial charge < -0.3 is 20.4 Å². The number of amides is 2. The number of sulfonamides is 1. The quantitative estimate of drug-likeness (QED) is 0.447. The van der Waals surface area contributed by atoms with Crippen LogP contribution in [0.4, 0.5) is 4.79 Å². The number of hydrogen-bond acceptors (Lipinski definition) is 5. The van der Waals surface area contributed by atoms with Crippen molar-refractivity contribution in [3.63, 3.8) is 0 Å². The Hall–Kier alpha value is -1.39. The number of carboxylic acids is 1. The summed E-state index contributed by atoms with van der Waals surface area (Å²) in [5, 5.41) is 25.2. The van der Waals surface area contributed by atoms with Gasteiger partial charge in [0.1, 0.15) is 6.04 Å². The first-order chi connectivity index (χ1) is 8.20. The van der Waals surface area contributed by atoms with E-state index in [-0.39, 0.29) is 19.5 Å². The average Bonchev–Trinajstić information content (AvgIpc) is 2.58. The van der Waals surface area contributed by atoms with Gasteiger partial charge in [0, 0.05) is 19.5 Å². The fourth-order valence-electron chi connectivity index (χ4n) is 1.67. The van der Waals surface area contributed by atoms with Crippen LogP contribution in [0, 0.1) is 0 Å². The number of primary sulfonamides is 1. The predicted molar refractivity (Wildman–Crippen MR) is 60.1 cm³/mol. The fraction of sp³-hybridized carbons (Fsp3) is 0.750. The van der Waals surface area contributed by atoms with Gasteiger partial charge in [0.2, 0.25) is 10.0 Å². The van der Waals surface area contributed by atoms with Crippen molar-refractivity contribution in [3.8, 4) is 0 Å². The molecule has 9 nitrogen and oxygen atoms in total. The van der Waals surface area contributed by atoms with Gasteiger partial charge in [-0.1, -0.05) is 0 Å². The number of hydrogen-bond donors (Lipinski definition) is 4. The molecule has 0 aromatic carbocycles. The molecule has 1 fully saturated rings. The van der Waals surface area contributed by atoms with Gasteiger partial charge in [0.25, 0.3) is 0 Å². The van der Waals surface area contributed by atoms with E-state index in [0.717, 1.165) is 4.90 Å². The van der Waals surface area contributed by atoms with Crippen LogP contribution in [0.15, 0.2) is 0 Å². The summed E-state index contributed by atoms with van der Waals surface area (Å²) in [7, 11) is -3.68. The van der Waals surface area contributed by atoms with Crippen molar-refractivity contribution in [1.29, 1.82) is 0 Å². The fourth-order valence-corrected chi connectivity index (χ4v) is 2.06. The van der Waals surface area contributed by atoms with E-state index in [0.29, 0.717) is 0 Å². The maximum Gasteiger partial charge on any atom is 0.326 e. The zero-order chi connectivity index (χ0) is 13.9. The molecule has 1 rings (SSSR count). The highest BCUT2D eigenvalue weighted by Gasteiger charge is 2.38. The monoisotopic (exact) mass is 281 g/mol. The Bertz CT molecular complexity index is 436. The third-order valence-corrected chi connectivity index (χ3v) is 3.26. The molecule has 0 aromatic rings. The Labute approximate surface area is 104 Å². The summed E-state index contributed by atoms with van der Waals surface area (Å²) in [5.41, 5.74) is 0. The molecule has 0 radical (unpaired) electrons. The normalized spacial score (nSPS) is 24.0. The largest absolute Gasteiger partial charge is 0.480 e. The molecule has 0 spiro atoms. The second-order valence-electron chi connectivity index (χ2n) is 3.99. The van der Waals surface area contributed by atoms with Gasteiger partial charge in [0.05, 0.1) is 11.9 Å². The number of β-amino-alcohol motifs (C(OH)–C–C–N with tert-alkyl or cyclic N) is 1. The molecule has 1 saturated heterocycles. The van der Waals surface area contributed by atoms with Crippen molar-refractivity contribution in [2.75, 3.05) is 18.8 Å². The van der Waals surface area contributed by atoms with Gasteiger partial charge >= 0.3 is 12.0 Å². The van der Waals surface area contributed by atoms with Crippen molar-refractivity contribution in [1.82, 2.24) is 10.2 Å². The third-order valence-electron chi connectivity index (χ3n) is 2.49. The molecule has 5 N–H and O–H groups in total. The van der Waals surface area contributed by atoms with E-state index in [1.54, 1.807) is 0 Å². The number of nitrogens with two attached hydrogens (primary N) is 1. The summed E-state index contributed by atoms with van der Waals surface area (Å²) < 4.78 is 21.3. The van der Waals surface area contributed by atoms with E-state index >= 15 is 0 Å². The van der Waals surface area contributed by atoms with Gasteiger partial charge in [0.15, 0.2) is 0 Å². The summed E-state index contributed by atoms with van der Waals surface area (Å²) in [6, 6.07) is -1.84. The van der Waals surface area contributed by atoms with E-state index in [9.17, 15) is 23.1 Å². The van der Waals surface area contributed by atoms with Crippen LogP contribution in [0.2, 0.25) is 0 Å². The molecule has 0 aromatic heterocycles. The molecule has 1 aliphatic rings. The van der Waals surface area contributed by atoms with Crippen LogP contribution in [0.5, 0.6) is 0 Å². The number of carbonyl (C=O) groups excluding carboxylic acids is 1. The van der Waals surface area contributed by atoms with E-state index in [4.69, 9.17) is 10.2 Å². The molecule has 2 amide bonds. The number of aliphatic hydroxyl groups is 1. The van der Waals surface area contributed by atoms with Crippen LogP contribution in [-0.4, -0.2) is 66.5 Å². The summed E-state index contributed by atoms with van der Waals surface area (Å²) in [4.78, 5) is 23.4. The van der Waals surface area contributed by atoms with Crippen molar-refractivity contribution < 1.29 is 28.2 Å². The molecule has 0 saturated carbocycles. The molecule has 0 aliphatic carbocycles. The van der Waals surface area contributed by atoms with Crippen molar-refractivity contribution in [2.45, 2.75) is 18.6 Å². The number of likely N-dealkylation sites (tertiary alicyclic amines) is 1. The standard InChI is InChI=1S/C8H15N3O6S/c9-18(16,17)2-1-10-8(15)11-4-5(12)3-6(11)7(13)14/h5-6,12H,1-4H2,(H,10,15)(H,13,14)(H2,9,16,17)/t5-,6-/m0/s1. The number of carbonyl (C=O) groups is 2. The van der Waals surface area contributed by atoms with Crippen molar-refractivity contribution >= 4 is 22.0 Å². The van der Waals surface area contributed by atoms with E-state index in [1.165, 1.54) is 0 Å². The van der Waals surface area contributed by atoms with Gasteiger partial charge in [-0.2, -0.15) is 0 Å². The average molecular weight is 281 g/mol. The lowest BCUT2D eigenvalue weighted by Gasteiger charge is -2.21.